The Labute approximate surface area is 139 Å². The Morgan fingerprint density at radius 2 is 1.58 bits per heavy atom. The summed E-state index contributed by atoms with van der Waals surface area (Å²) in [6.07, 6.45) is 0. The van der Waals surface area contributed by atoms with Gasteiger partial charge in [0.05, 0.1) is 31.1 Å². The molecule has 0 saturated heterocycles. The maximum absolute atomic E-state index is 12.4. The summed E-state index contributed by atoms with van der Waals surface area (Å²) in [5.74, 6) is 0.334. The molecule has 2 aromatic rings. The molecule has 0 spiro atoms. The number of amides is 2. The van der Waals surface area contributed by atoms with Crippen LogP contribution in [0.3, 0.4) is 0 Å². The number of nitrogens with zero attached hydrogens (tertiary/aromatic N) is 2. The van der Waals surface area contributed by atoms with Gasteiger partial charge in [0.25, 0.3) is 11.8 Å². The zero-order chi connectivity index (χ0) is 17.3. The topological polar surface area (TPSA) is 68.2 Å². The Kier molecular flexibility index (Phi) is 4.04. The van der Waals surface area contributed by atoms with E-state index in [2.05, 4.69) is 5.10 Å². The summed E-state index contributed by atoms with van der Waals surface area (Å²) in [7, 11) is 3.10. The van der Waals surface area contributed by atoms with Crippen LogP contribution in [-0.2, 0) is 0 Å². The monoisotopic (exact) mass is 324 g/mol. The number of hydrogen-bond acceptors (Lipinski definition) is 5. The minimum Gasteiger partial charge on any atom is -0.497 e. The summed E-state index contributed by atoms with van der Waals surface area (Å²) in [6, 6.07) is 11.9. The number of carbonyl (C=O) groups excluding carboxylic acids is 2. The average Bonchev–Trinajstić information content (AvgIpc) is 2.86. The largest absolute Gasteiger partial charge is 0.497 e. The minimum absolute atomic E-state index is 0.362. The third kappa shape index (κ3) is 2.52. The number of hydrazone groups is 1. The molecule has 1 aliphatic heterocycles. The van der Waals surface area contributed by atoms with Gasteiger partial charge in [-0.15, -0.1) is 0 Å². The predicted octanol–water partition coefficient (Wildman–Crippen LogP) is 2.72. The second kappa shape index (κ2) is 6.16. The standard InChI is InChI=1S/C18H16N2O4/c1-11(13-9-8-12(23-2)10-16(13)24-3)19-20-17(21)14-6-4-5-7-15(14)18(20)22/h4-10H,1-3H3/b19-11+. The van der Waals surface area contributed by atoms with E-state index < -0.39 is 11.8 Å². The van der Waals surface area contributed by atoms with E-state index >= 15 is 0 Å². The Morgan fingerprint density at radius 3 is 2.12 bits per heavy atom. The Hall–Kier alpha value is -3.15. The van der Waals surface area contributed by atoms with Gasteiger partial charge in [0, 0.05) is 11.6 Å². The second-order valence-corrected chi connectivity index (χ2v) is 5.22. The van der Waals surface area contributed by atoms with E-state index in [1.165, 1.54) is 7.11 Å². The van der Waals surface area contributed by atoms with Crippen LogP contribution >= 0.6 is 0 Å². The molecular weight excluding hydrogens is 308 g/mol. The van der Waals surface area contributed by atoms with Gasteiger partial charge < -0.3 is 9.47 Å². The van der Waals surface area contributed by atoms with E-state index in [9.17, 15) is 9.59 Å². The van der Waals surface area contributed by atoms with Gasteiger partial charge in [0.1, 0.15) is 11.5 Å². The van der Waals surface area contributed by atoms with E-state index in [0.29, 0.717) is 33.9 Å². The molecule has 0 unspecified atom stereocenters. The molecule has 6 nitrogen and oxygen atoms in total. The Balaban J connectivity index is 1.98. The first-order valence-corrected chi connectivity index (χ1v) is 7.32. The average molecular weight is 324 g/mol. The summed E-state index contributed by atoms with van der Waals surface area (Å²) in [6.45, 7) is 1.72. The van der Waals surface area contributed by atoms with Crippen molar-refractivity contribution in [3.05, 3.63) is 59.2 Å². The lowest BCUT2D eigenvalue weighted by atomic mass is 10.1. The van der Waals surface area contributed by atoms with Crippen molar-refractivity contribution < 1.29 is 19.1 Å². The van der Waals surface area contributed by atoms with E-state index in [-0.39, 0.29) is 0 Å². The number of rotatable bonds is 4. The number of methoxy groups -OCH3 is 2. The molecule has 0 radical (unpaired) electrons. The van der Waals surface area contributed by atoms with Gasteiger partial charge in [-0.25, -0.2) is 0 Å². The maximum atomic E-state index is 12.4. The molecule has 0 aromatic heterocycles. The summed E-state index contributed by atoms with van der Waals surface area (Å²) in [5.41, 5.74) is 1.89. The van der Waals surface area contributed by atoms with Crippen molar-refractivity contribution >= 4 is 17.5 Å². The number of ether oxygens (including phenoxy) is 2. The third-order valence-electron chi connectivity index (χ3n) is 3.82. The zero-order valence-corrected chi connectivity index (χ0v) is 13.6. The number of benzene rings is 2. The smallest absolute Gasteiger partial charge is 0.282 e. The first-order chi connectivity index (χ1) is 11.6. The third-order valence-corrected chi connectivity index (χ3v) is 3.82. The van der Waals surface area contributed by atoms with Crippen molar-refractivity contribution in [1.29, 1.82) is 0 Å². The van der Waals surface area contributed by atoms with Gasteiger partial charge in [0.15, 0.2) is 0 Å². The second-order valence-electron chi connectivity index (χ2n) is 5.22. The van der Waals surface area contributed by atoms with Crippen molar-refractivity contribution in [2.45, 2.75) is 6.92 Å². The summed E-state index contributed by atoms with van der Waals surface area (Å²) in [4.78, 5) is 24.8. The fraction of sp³-hybridized carbons (Fsp3) is 0.167. The van der Waals surface area contributed by atoms with E-state index in [0.717, 1.165) is 5.01 Å². The van der Waals surface area contributed by atoms with Crippen LogP contribution in [0.2, 0.25) is 0 Å². The van der Waals surface area contributed by atoms with Crippen LogP contribution in [0.25, 0.3) is 0 Å². The van der Waals surface area contributed by atoms with Crippen molar-refractivity contribution in [2.24, 2.45) is 5.10 Å². The highest BCUT2D eigenvalue weighted by atomic mass is 16.5. The van der Waals surface area contributed by atoms with Crippen LogP contribution in [0.4, 0.5) is 0 Å². The molecule has 0 N–H and O–H groups in total. The quantitative estimate of drug-likeness (QED) is 0.640. The van der Waals surface area contributed by atoms with Crippen molar-refractivity contribution in [3.8, 4) is 11.5 Å². The van der Waals surface area contributed by atoms with E-state index in [1.54, 1.807) is 56.5 Å². The highest BCUT2D eigenvalue weighted by Crippen LogP contribution is 2.27. The van der Waals surface area contributed by atoms with Crippen LogP contribution in [0.1, 0.15) is 33.2 Å². The van der Waals surface area contributed by atoms with Gasteiger partial charge in [-0.05, 0) is 31.2 Å². The molecule has 1 aliphatic rings. The molecule has 0 fully saturated rings. The van der Waals surface area contributed by atoms with Gasteiger partial charge in [-0.2, -0.15) is 10.1 Å². The first kappa shape index (κ1) is 15.7. The van der Waals surface area contributed by atoms with Crippen molar-refractivity contribution in [1.82, 2.24) is 5.01 Å². The Morgan fingerprint density at radius 1 is 0.958 bits per heavy atom. The van der Waals surface area contributed by atoms with Crippen LogP contribution in [0.15, 0.2) is 47.6 Å². The van der Waals surface area contributed by atoms with E-state index in [1.807, 2.05) is 0 Å². The lowest BCUT2D eigenvalue weighted by Crippen LogP contribution is -2.25. The summed E-state index contributed by atoms with van der Waals surface area (Å²) >= 11 is 0. The minimum atomic E-state index is -0.428. The van der Waals surface area contributed by atoms with Gasteiger partial charge in [0.2, 0.25) is 0 Å². The van der Waals surface area contributed by atoms with Gasteiger partial charge in [-0.1, -0.05) is 12.1 Å². The summed E-state index contributed by atoms with van der Waals surface area (Å²) < 4.78 is 10.5. The lowest BCUT2D eigenvalue weighted by Gasteiger charge is -2.12. The molecule has 2 amide bonds. The molecule has 3 rings (SSSR count). The molecule has 0 aliphatic carbocycles. The molecule has 1 heterocycles. The highest BCUT2D eigenvalue weighted by Gasteiger charge is 2.35. The number of carbonyl (C=O) groups is 2. The molecule has 2 aromatic carbocycles. The number of imide groups is 1. The molecule has 0 saturated carbocycles. The molecule has 24 heavy (non-hydrogen) atoms. The van der Waals surface area contributed by atoms with Gasteiger partial charge >= 0.3 is 0 Å². The van der Waals surface area contributed by atoms with E-state index in [4.69, 9.17) is 9.47 Å². The molecular formula is C18H16N2O4. The zero-order valence-electron chi connectivity index (χ0n) is 13.6. The van der Waals surface area contributed by atoms with Crippen LogP contribution in [0.5, 0.6) is 11.5 Å². The Bertz CT molecular complexity index is 823. The molecule has 6 heteroatoms. The van der Waals surface area contributed by atoms with Crippen molar-refractivity contribution in [3.63, 3.8) is 0 Å². The highest BCUT2D eigenvalue weighted by molar-refractivity contribution is 6.21. The van der Waals surface area contributed by atoms with Crippen molar-refractivity contribution in [2.75, 3.05) is 14.2 Å². The first-order valence-electron chi connectivity index (χ1n) is 7.32. The molecule has 0 atom stereocenters. The molecule has 122 valence electrons. The van der Waals surface area contributed by atoms with Crippen LogP contribution in [0, 0.1) is 0 Å². The number of fused-ring (bicyclic) bond motifs is 1. The fourth-order valence-electron chi connectivity index (χ4n) is 2.57. The van der Waals surface area contributed by atoms with Crippen LogP contribution < -0.4 is 9.47 Å². The normalized spacial score (nSPS) is 14.0. The maximum Gasteiger partial charge on any atom is 0.282 e. The molecule has 0 bridgehead atoms. The summed E-state index contributed by atoms with van der Waals surface area (Å²) in [5, 5.41) is 5.11. The van der Waals surface area contributed by atoms with Gasteiger partial charge in [-0.3, -0.25) is 9.59 Å². The lowest BCUT2D eigenvalue weighted by molar-refractivity contribution is 0.0658. The predicted molar refractivity (Wildman–Crippen MR) is 88.7 cm³/mol. The van der Waals surface area contributed by atoms with Crippen LogP contribution in [-0.4, -0.2) is 36.8 Å². The SMILES string of the molecule is COc1ccc(/C(C)=N/N2C(=O)c3ccccc3C2=O)c(OC)c1. The fourth-order valence-corrected chi connectivity index (χ4v) is 2.57. The number of hydrogen-bond donors (Lipinski definition) is 0.